The van der Waals surface area contributed by atoms with E-state index in [1.165, 1.54) is 12.1 Å². The zero-order valence-electron chi connectivity index (χ0n) is 20.4. The third-order valence-corrected chi connectivity index (χ3v) is 5.96. The summed E-state index contributed by atoms with van der Waals surface area (Å²) in [6, 6.07) is 20.4. The molecular weight excluding hydrogens is 488 g/mol. The first-order valence-corrected chi connectivity index (χ1v) is 11.9. The lowest BCUT2D eigenvalue weighted by molar-refractivity contribution is -0.148. The summed E-state index contributed by atoms with van der Waals surface area (Å²) < 4.78 is 5.49. The molecule has 0 spiro atoms. The average molecular weight is 517 g/mol. The Hall–Kier alpha value is -4.83. The van der Waals surface area contributed by atoms with E-state index in [0.29, 0.717) is 11.3 Å². The van der Waals surface area contributed by atoms with Crippen molar-refractivity contribution in [2.24, 2.45) is 5.90 Å². The monoisotopic (exact) mass is 516 g/mol. The number of hydrogen-bond acceptors (Lipinski definition) is 7. The summed E-state index contributed by atoms with van der Waals surface area (Å²) in [4.78, 5) is 46.1. The van der Waals surface area contributed by atoms with Crippen molar-refractivity contribution in [2.75, 3.05) is 6.61 Å². The zero-order valence-corrected chi connectivity index (χ0v) is 20.4. The molecule has 0 fully saturated rings. The van der Waals surface area contributed by atoms with Crippen molar-refractivity contribution in [2.45, 2.75) is 24.9 Å². The molecule has 1 heterocycles. The van der Waals surface area contributed by atoms with E-state index < -0.39 is 29.9 Å². The van der Waals surface area contributed by atoms with Crippen LogP contribution in [0.4, 0.5) is 0 Å². The number of aromatic nitrogens is 1. The SMILES string of the molecule is NOC(=O)[C@H](Cc1c[nH]c2ccccc12)NC(=O)[C@H](Cc1ccc(O)cc1)NC(=O)COc1ccccc1. The smallest absolute Gasteiger partial charge is 0.347 e. The van der Waals surface area contributed by atoms with Crippen LogP contribution in [-0.4, -0.2) is 46.6 Å². The molecule has 2 atom stereocenters. The maximum absolute atomic E-state index is 13.4. The fourth-order valence-corrected chi connectivity index (χ4v) is 4.05. The van der Waals surface area contributed by atoms with Crippen LogP contribution in [0.1, 0.15) is 11.1 Å². The van der Waals surface area contributed by atoms with Crippen LogP contribution in [0.5, 0.6) is 11.5 Å². The van der Waals surface area contributed by atoms with Gasteiger partial charge in [0.2, 0.25) is 5.91 Å². The number of ether oxygens (including phenoxy) is 1. The summed E-state index contributed by atoms with van der Waals surface area (Å²) in [7, 11) is 0. The normalized spacial score (nSPS) is 12.3. The van der Waals surface area contributed by atoms with Gasteiger partial charge in [-0.05, 0) is 41.5 Å². The van der Waals surface area contributed by atoms with Crippen LogP contribution in [0, 0.1) is 0 Å². The number of nitrogens with one attached hydrogen (secondary N) is 3. The lowest BCUT2D eigenvalue weighted by Crippen LogP contribution is -2.54. The molecule has 0 aliphatic heterocycles. The van der Waals surface area contributed by atoms with E-state index in [9.17, 15) is 19.5 Å². The van der Waals surface area contributed by atoms with Crippen LogP contribution in [0.15, 0.2) is 85.1 Å². The second-order valence-corrected chi connectivity index (χ2v) is 8.65. The highest BCUT2D eigenvalue weighted by molar-refractivity contribution is 5.92. The summed E-state index contributed by atoms with van der Waals surface area (Å²) in [6.07, 6.45) is 1.97. The first-order chi connectivity index (χ1) is 18.4. The van der Waals surface area contributed by atoms with Gasteiger partial charge in [-0.25, -0.2) is 4.79 Å². The number of fused-ring (bicyclic) bond motifs is 1. The Kier molecular flexibility index (Phi) is 8.57. The molecule has 4 aromatic rings. The van der Waals surface area contributed by atoms with E-state index in [-0.39, 0.29) is 25.2 Å². The third kappa shape index (κ3) is 6.89. The molecule has 0 saturated carbocycles. The second kappa shape index (κ2) is 12.4. The van der Waals surface area contributed by atoms with Gasteiger partial charge in [0.05, 0.1) is 0 Å². The van der Waals surface area contributed by atoms with E-state index in [0.717, 1.165) is 16.5 Å². The van der Waals surface area contributed by atoms with Crippen LogP contribution in [-0.2, 0) is 32.1 Å². The maximum Gasteiger partial charge on any atom is 0.347 e. The van der Waals surface area contributed by atoms with Gasteiger partial charge in [0, 0.05) is 29.9 Å². The lowest BCUT2D eigenvalue weighted by atomic mass is 10.0. The minimum atomic E-state index is -1.11. The molecule has 10 heteroatoms. The van der Waals surface area contributed by atoms with Crippen molar-refractivity contribution < 1.29 is 29.1 Å². The zero-order chi connectivity index (χ0) is 26.9. The minimum absolute atomic E-state index is 0.0690. The molecule has 10 nitrogen and oxygen atoms in total. The van der Waals surface area contributed by atoms with Crippen molar-refractivity contribution in [1.82, 2.24) is 15.6 Å². The molecular formula is C28H28N4O6. The number of para-hydroxylation sites is 2. The number of aromatic amines is 1. The van der Waals surface area contributed by atoms with E-state index >= 15 is 0 Å². The van der Waals surface area contributed by atoms with Gasteiger partial charge >= 0.3 is 5.97 Å². The van der Waals surface area contributed by atoms with Crippen molar-refractivity contribution in [3.8, 4) is 11.5 Å². The molecule has 4 rings (SSSR count). The summed E-state index contributed by atoms with van der Waals surface area (Å²) in [5.74, 6) is 3.77. The lowest BCUT2D eigenvalue weighted by Gasteiger charge is -2.22. The summed E-state index contributed by atoms with van der Waals surface area (Å²) in [6.45, 7) is -0.313. The largest absolute Gasteiger partial charge is 0.508 e. The fraction of sp³-hybridized carbons (Fsp3) is 0.179. The van der Waals surface area contributed by atoms with Gasteiger partial charge in [-0.15, -0.1) is 0 Å². The Bertz CT molecular complexity index is 1390. The Morgan fingerprint density at radius 1 is 0.868 bits per heavy atom. The number of phenolic OH excluding ortho intramolecular Hbond substituents is 1. The quantitative estimate of drug-likeness (QED) is 0.191. The molecule has 0 unspecified atom stereocenters. The first kappa shape index (κ1) is 26.2. The number of aromatic hydroxyl groups is 1. The van der Waals surface area contributed by atoms with Crippen LogP contribution in [0.3, 0.4) is 0 Å². The molecule has 2 amide bonds. The number of hydrogen-bond donors (Lipinski definition) is 5. The number of benzene rings is 3. The molecule has 0 saturated heterocycles. The van der Waals surface area contributed by atoms with Crippen molar-refractivity contribution in [3.63, 3.8) is 0 Å². The molecule has 0 radical (unpaired) electrons. The second-order valence-electron chi connectivity index (χ2n) is 8.65. The summed E-state index contributed by atoms with van der Waals surface area (Å²) in [5, 5.41) is 15.8. The molecule has 196 valence electrons. The van der Waals surface area contributed by atoms with E-state index in [1.54, 1.807) is 42.6 Å². The maximum atomic E-state index is 13.4. The van der Waals surface area contributed by atoms with E-state index in [1.807, 2.05) is 30.3 Å². The molecule has 0 aliphatic carbocycles. The van der Waals surface area contributed by atoms with Crippen molar-refractivity contribution >= 4 is 28.7 Å². The number of carbonyl (C=O) groups is 3. The predicted molar refractivity (Wildman–Crippen MR) is 140 cm³/mol. The Morgan fingerprint density at radius 3 is 2.32 bits per heavy atom. The Balaban J connectivity index is 1.49. The average Bonchev–Trinajstić information content (AvgIpc) is 3.35. The van der Waals surface area contributed by atoms with Crippen molar-refractivity contribution in [3.05, 3.63) is 96.2 Å². The van der Waals surface area contributed by atoms with Gasteiger partial charge in [0.25, 0.3) is 5.91 Å². The summed E-state index contributed by atoms with van der Waals surface area (Å²) in [5.41, 5.74) is 2.35. The predicted octanol–water partition coefficient (Wildman–Crippen LogP) is 2.12. The highest BCUT2D eigenvalue weighted by atomic mass is 16.7. The number of carbonyl (C=O) groups excluding carboxylic acids is 3. The van der Waals surface area contributed by atoms with Crippen LogP contribution in [0.25, 0.3) is 10.9 Å². The standard InChI is InChI=1S/C28H28N4O6/c29-38-28(36)25(15-19-16-30-23-9-5-4-8-22(19)23)32-27(35)24(14-18-10-12-20(33)13-11-18)31-26(34)17-37-21-6-2-1-3-7-21/h1-13,16,24-25,30,33H,14-15,17,29H2,(H,31,34)(H,32,35)/t24-,25-/m0/s1. The number of H-pyrrole nitrogens is 1. The molecule has 3 aromatic carbocycles. The van der Waals surface area contributed by atoms with Gasteiger partial charge in [0.15, 0.2) is 6.61 Å². The molecule has 6 N–H and O–H groups in total. The van der Waals surface area contributed by atoms with Gasteiger partial charge in [0.1, 0.15) is 23.6 Å². The van der Waals surface area contributed by atoms with Crippen molar-refractivity contribution in [1.29, 1.82) is 0 Å². The minimum Gasteiger partial charge on any atom is -0.508 e. The van der Waals surface area contributed by atoms with Gasteiger partial charge in [-0.2, -0.15) is 5.90 Å². The molecule has 0 bridgehead atoms. The van der Waals surface area contributed by atoms with Crippen LogP contribution >= 0.6 is 0 Å². The molecule has 0 aliphatic rings. The van der Waals surface area contributed by atoms with Gasteiger partial charge in [-0.1, -0.05) is 48.5 Å². The number of nitrogens with two attached hydrogens (primary N) is 1. The van der Waals surface area contributed by atoms with E-state index in [2.05, 4.69) is 20.5 Å². The van der Waals surface area contributed by atoms with Gasteiger partial charge < -0.3 is 30.3 Å². The van der Waals surface area contributed by atoms with E-state index in [4.69, 9.17) is 10.6 Å². The van der Waals surface area contributed by atoms with Crippen LogP contribution < -0.4 is 21.3 Å². The van der Waals surface area contributed by atoms with Gasteiger partial charge in [-0.3, -0.25) is 9.59 Å². The fourth-order valence-electron chi connectivity index (χ4n) is 4.05. The summed E-state index contributed by atoms with van der Waals surface area (Å²) >= 11 is 0. The highest BCUT2D eigenvalue weighted by Gasteiger charge is 2.29. The Morgan fingerprint density at radius 2 is 1.58 bits per heavy atom. The topological polar surface area (TPSA) is 156 Å². The first-order valence-electron chi connectivity index (χ1n) is 11.9. The molecule has 1 aromatic heterocycles. The number of phenols is 1. The highest BCUT2D eigenvalue weighted by Crippen LogP contribution is 2.19. The van der Waals surface area contributed by atoms with Crippen LogP contribution in [0.2, 0.25) is 0 Å². The Labute approximate surface area is 218 Å². The molecule has 38 heavy (non-hydrogen) atoms. The third-order valence-electron chi connectivity index (χ3n) is 5.96. The number of amides is 2. The number of rotatable bonds is 11.